The first-order chi connectivity index (χ1) is 9.26. The topological polar surface area (TPSA) is 50.9 Å². The van der Waals surface area contributed by atoms with Gasteiger partial charge in [-0.2, -0.15) is 23.5 Å². The third kappa shape index (κ3) is 4.02. The van der Waals surface area contributed by atoms with Gasteiger partial charge in [0.1, 0.15) is 0 Å². The fourth-order valence-corrected chi connectivity index (χ4v) is 5.83. The van der Waals surface area contributed by atoms with Crippen LogP contribution in [0.4, 0.5) is 0 Å². The number of hydrogen-bond acceptors (Lipinski definition) is 5. The van der Waals surface area contributed by atoms with E-state index in [0.29, 0.717) is 10.5 Å². The number of pyridine rings is 1. The van der Waals surface area contributed by atoms with Crippen molar-refractivity contribution in [1.82, 2.24) is 10.4 Å². The standard InChI is InChI=1S/C13H20ClN3S2/c1-2-12-13(19-6-5-18-12)11(17-15)7-9-3-4-16-8-10(9)14/h3-4,8,11-13,17H,2,5-7,15H2,1H3. The number of aromatic nitrogens is 1. The summed E-state index contributed by atoms with van der Waals surface area (Å²) in [6.45, 7) is 2.25. The summed E-state index contributed by atoms with van der Waals surface area (Å²) in [4.78, 5) is 4.03. The lowest BCUT2D eigenvalue weighted by Crippen LogP contribution is -2.49. The van der Waals surface area contributed by atoms with Gasteiger partial charge in [0.25, 0.3) is 0 Å². The summed E-state index contributed by atoms with van der Waals surface area (Å²) < 4.78 is 0. The Bertz CT molecular complexity index is 405. The average molecular weight is 318 g/mol. The van der Waals surface area contributed by atoms with Crippen molar-refractivity contribution in [2.75, 3.05) is 11.5 Å². The van der Waals surface area contributed by atoms with E-state index in [4.69, 9.17) is 17.4 Å². The summed E-state index contributed by atoms with van der Waals surface area (Å²) in [5.41, 5.74) is 4.11. The minimum absolute atomic E-state index is 0.252. The highest BCUT2D eigenvalue weighted by Gasteiger charge is 2.31. The molecule has 1 aromatic rings. The van der Waals surface area contributed by atoms with Gasteiger partial charge in [-0.25, -0.2) is 0 Å². The van der Waals surface area contributed by atoms with Crippen molar-refractivity contribution in [1.29, 1.82) is 0 Å². The highest BCUT2D eigenvalue weighted by Crippen LogP contribution is 2.36. The fraction of sp³-hybridized carbons (Fsp3) is 0.615. The van der Waals surface area contributed by atoms with Crippen molar-refractivity contribution in [2.24, 2.45) is 5.84 Å². The number of hydrazine groups is 1. The van der Waals surface area contributed by atoms with Gasteiger partial charge < -0.3 is 0 Å². The Morgan fingerprint density at radius 2 is 2.32 bits per heavy atom. The van der Waals surface area contributed by atoms with Gasteiger partial charge in [0, 0.05) is 40.4 Å². The first-order valence-electron chi connectivity index (χ1n) is 6.54. The van der Waals surface area contributed by atoms with E-state index in [0.717, 1.165) is 17.0 Å². The first kappa shape index (κ1) is 15.4. The molecule has 1 aromatic heterocycles. The summed E-state index contributed by atoms with van der Waals surface area (Å²) in [6, 6.07) is 2.23. The van der Waals surface area contributed by atoms with Crippen molar-refractivity contribution in [2.45, 2.75) is 36.3 Å². The first-order valence-corrected chi connectivity index (χ1v) is 9.01. The van der Waals surface area contributed by atoms with Crippen LogP contribution in [0.5, 0.6) is 0 Å². The fourth-order valence-electron chi connectivity index (χ4n) is 2.39. The SMILES string of the molecule is CCC1SCCSC1C(Cc1ccncc1Cl)NN. The summed E-state index contributed by atoms with van der Waals surface area (Å²) in [5, 5.41) is 1.93. The molecule has 1 aliphatic heterocycles. The molecule has 0 saturated carbocycles. The van der Waals surface area contributed by atoms with E-state index in [-0.39, 0.29) is 6.04 Å². The third-order valence-corrected chi connectivity index (χ3v) is 7.15. The molecule has 3 N–H and O–H groups in total. The number of nitrogens with two attached hydrogens (primary N) is 1. The van der Waals surface area contributed by atoms with Crippen molar-refractivity contribution in [3.8, 4) is 0 Å². The molecule has 3 unspecified atom stereocenters. The van der Waals surface area contributed by atoms with Gasteiger partial charge in [-0.15, -0.1) is 0 Å². The van der Waals surface area contributed by atoms with Crippen molar-refractivity contribution in [3.05, 3.63) is 29.0 Å². The normalized spacial score (nSPS) is 25.2. The van der Waals surface area contributed by atoms with Crippen LogP contribution >= 0.6 is 35.1 Å². The third-order valence-electron chi connectivity index (χ3n) is 3.40. The number of thioether (sulfide) groups is 2. The van der Waals surface area contributed by atoms with E-state index >= 15 is 0 Å². The van der Waals surface area contributed by atoms with Gasteiger partial charge in [0.15, 0.2) is 0 Å². The van der Waals surface area contributed by atoms with E-state index in [1.165, 1.54) is 17.9 Å². The van der Waals surface area contributed by atoms with Crippen LogP contribution in [0.1, 0.15) is 18.9 Å². The highest BCUT2D eigenvalue weighted by molar-refractivity contribution is 8.07. The van der Waals surface area contributed by atoms with Gasteiger partial charge in [0.2, 0.25) is 0 Å². The maximum Gasteiger partial charge on any atom is 0.0621 e. The summed E-state index contributed by atoms with van der Waals surface area (Å²) >= 11 is 10.3. The molecule has 0 spiro atoms. The Morgan fingerprint density at radius 3 is 3.00 bits per heavy atom. The Labute approximate surface area is 128 Å². The number of halogens is 1. The molecule has 3 nitrogen and oxygen atoms in total. The van der Waals surface area contributed by atoms with E-state index in [1.807, 2.05) is 17.8 Å². The number of rotatable bonds is 5. The largest absolute Gasteiger partial charge is 0.271 e. The van der Waals surface area contributed by atoms with Gasteiger partial charge in [-0.05, 0) is 24.5 Å². The molecule has 1 saturated heterocycles. The van der Waals surface area contributed by atoms with E-state index in [9.17, 15) is 0 Å². The highest BCUT2D eigenvalue weighted by atomic mass is 35.5. The van der Waals surface area contributed by atoms with Crippen LogP contribution in [0.25, 0.3) is 0 Å². The molecule has 0 radical (unpaired) electrons. The van der Waals surface area contributed by atoms with Crippen LogP contribution in [-0.2, 0) is 6.42 Å². The van der Waals surface area contributed by atoms with Crippen molar-refractivity contribution >= 4 is 35.1 Å². The predicted molar refractivity (Wildman–Crippen MR) is 86.8 cm³/mol. The Kier molecular flexibility index (Phi) is 6.29. The smallest absolute Gasteiger partial charge is 0.0621 e. The molecule has 2 heterocycles. The second-order valence-electron chi connectivity index (χ2n) is 4.60. The zero-order valence-corrected chi connectivity index (χ0v) is 13.4. The van der Waals surface area contributed by atoms with Crippen molar-refractivity contribution in [3.63, 3.8) is 0 Å². The van der Waals surface area contributed by atoms with E-state index in [1.54, 1.807) is 12.4 Å². The second-order valence-corrected chi connectivity index (χ2v) is 7.64. The Hall–Kier alpha value is 0.0600. The Balaban J connectivity index is 2.08. The van der Waals surface area contributed by atoms with Crippen LogP contribution in [0.3, 0.4) is 0 Å². The van der Waals surface area contributed by atoms with Crippen LogP contribution in [0.2, 0.25) is 5.02 Å². The van der Waals surface area contributed by atoms with Crippen molar-refractivity contribution < 1.29 is 0 Å². The minimum atomic E-state index is 0.252. The maximum atomic E-state index is 6.19. The van der Waals surface area contributed by atoms with E-state index in [2.05, 4.69) is 29.1 Å². The summed E-state index contributed by atoms with van der Waals surface area (Å²) in [5.74, 6) is 8.23. The molecule has 19 heavy (non-hydrogen) atoms. The molecule has 3 atom stereocenters. The number of nitrogens with zero attached hydrogens (tertiary/aromatic N) is 1. The quantitative estimate of drug-likeness (QED) is 0.646. The molecule has 0 bridgehead atoms. The molecule has 1 aliphatic rings. The molecule has 1 fully saturated rings. The zero-order valence-electron chi connectivity index (χ0n) is 11.0. The minimum Gasteiger partial charge on any atom is -0.271 e. The lowest BCUT2D eigenvalue weighted by atomic mass is 10.0. The monoisotopic (exact) mass is 317 g/mol. The molecular weight excluding hydrogens is 298 g/mol. The number of hydrogen-bond donors (Lipinski definition) is 2. The van der Waals surface area contributed by atoms with Crippen LogP contribution in [0.15, 0.2) is 18.5 Å². The lowest BCUT2D eigenvalue weighted by molar-refractivity contribution is 0.490. The zero-order chi connectivity index (χ0) is 13.7. The van der Waals surface area contributed by atoms with Crippen LogP contribution < -0.4 is 11.3 Å². The lowest BCUT2D eigenvalue weighted by Gasteiger charge is -2.35. The molecule has 106 valence electrons. The van der Waals surface area contributed by atoms with Crippen LogP contribution in [0, 0.1) is 0 Å². The maximum absolute atomic E-state index is 6.19. The second kappa shape index (κ2) is 7.74. The molecular formula is C13H20ClN3S2. The molecule has 0 amide bonds. The summed E-state index contributed by atoms with van der Waals surface area (Å²) in [6.07, 6.45) is 5.52. The molecule has 0 aromatic carbocycles. The van der Waals surface area contributed by atoms with Gasteiger partial charge in [-0.3, -0.25) is 16.3 Å². The molecule has 0 aliphatic carbocycles. The predicted octanol–water partition coefficient (Wildman–Crippen LogP) is 2.74. The van der Waals surface area contributed by atoms with Gasteiger partial charge in [0.05, 0.1) is 5.02 Å². The van der Waals surface area contributed by atoms with Gasteiger partial charge >= 0.3 is 0 Å². The molecule has 2 rings (SSSR count). The number of nitrogens with one attached hydrogen (secondary N) is 1. The molecule has 6 heteroatoms. The Morgan fingerprint density at radius 1 is 1.53 bits per heavy atom. The van der Waals surface area contributed by atoms with E-state index < -0.39 is 0 Å². The summed E-state index contributed by atoms with van der Waals surface area (Å²) in [7, 11) is 0. The van der Waals surface area contributed by atoms with Crippen LogP contribution in [-0.4, -0.2) is 33.0 Å². The average Bonchev–Trinajstić information content (AvgIpc) is 2.46. The van der Waals surface area contributed by atoms with Gasteiger partial charge in [-0.1, -0.05) is 18.5 Å².